The van der Waals surface area contributed by atoms with Crippen molar-refractivity contribution >= 4 is 39.1 Å². The van der Waals surface area contributed by atoms with Crippen molar-refractivity contribution in [3.8, 4) is 5.75 Å². The van der Waals surface area contributed by atoms with Gasteiger partial charge in [0.05, 0.1) is 10.2 Å². The number of anilines is 1. The zero-order valence-electron chi connectivity index (χ0n) is 7.05. The lowest BCUT2D eigenvalue weighted by atomic mass is 10.3. The predicted molar refractivity (Wildman–Crippen MR) is 59.6 cm³/mol. The van der Waals surface area contributed by atoms with E-state index < -0.39 is 5.91 Å². The fraction of sp³-hybridized carbons (Fsp3) is 0. The average molecular weight is 277 g/mol. The number of phenolic OH excluding ortho intramolecular Hbond substituents is 1. The molecular formula is C9H7BrClNO2. The van der Waals surface area contributed by atoms with Crippen molar-refractivity contribution in [2.75, 3.05) is 5.32 Å². The van der Waals surface area contributed by atoms with Crippen LogP contribution in [0, 0.1) is 0 Å². The van der Waals surface area contributed by atoms with Crippen LogP contribution in [0.3, 0.4) is 0 Å². The van der Waals surface area contributed by atoms with E-state index in [4.69, 9.17) is 11.6 Å². The molecule has 74 valence electrons. The van der Waals surface area contributed by atoms with Crippen LogP contribution in [0.2, 0.25) is 5.02 Å². The first-order chi connectivity index (χ1) is 6.54. The molecule has 1 aromatic rings. The summed E-state index contributed by atoms with van der Waals surface area (Å²) in [7, 11) is 0. The molecule has 0 heterocycles. The van der Waals surface area contributed by atoms with Gasteiger partial charge in [0.15, 0.2) is 5.75 Å². The Bertz CT molecular complexity index is 393. The van der Waals surface area contributed by atoms with Crippen molar-refractivity contribution < 1.29 is 9.90 Å². The first-order valence-corrected chi connectivity index (χ1v) is 4.83. The van der Waals surface area contributed by atoms with Gasteiger partial charge in [-0.05, 0) is 34.1 Å². The van der Waals surface area contributed by atoms with E-state index in [1.807, 2.05) is 0 Å². The van der Waals surface area contributed by atoms with Gasteiger partial charge >= 0.3 is 0 Å². The summed E-state index contributed by atoms with van der Waals surface area (Å²) in [5.74, 6) is -0.473. The fourth-order valence-corrected chi connectivity index (χ4v) is 1.66. The first kappa shape index (κ1) is 11.1. The van der Waals surface area contributed by atoms with E-state index in [0.29, 0.717) is 9.50 Å². The lowest BCUT2D eigenvalue weighted by Gasteiger charge is -2.07. The van der Waals surface area contributed by atoms with E-state index in [-0.39, 0.29) is 11.4 Å². The molecule has 0 saturated heterocycles. The average Bonchev–Trinajstić information content (AvgIpc) is 2.13. The summed E-state index contributed by atoms with van der Waals surface area (Å²) in [6.45, 7) is 3.29. The van der Waals surface area contributed by atoms with Crippen molar-refractivity contribution in [2.24, 2.45) is 0 Å². The monoisotopic (exact) mass is 275 g/mol. The number of halogens is 2. The standard InChI is InChI=1S/C9H7BrClNO2/c1-2-8(13)12-7-4-5(11)3-6(10)9(7)14/h2-4,14H,1H2,(H,12,13). The van der Waals surface area contributed by atoms with Crippen molar-refractivity contribution in [3.63, 3.8) is 0 Å². The summed E-state index contributed by atoms with van der Waals surface area (Å²) in [4.78, 5) is 11.0. The van der Waals surface area contributed by atoms with Gasteiger partial charge in [-0.15, -0.1) is 0 Å². The van der Waals surface area contributed by atoms with Crippen LogP contribution in [-0.2, 0) is 4.79 Å². The Morgan fingerprint density at radius 2 is 2.29 bits per heavy atom. The predicted octanol–water partition coefficient (Wildman–Crippen LogP) is 2.93. The highest BCUT2D eigenvalue weighted by molar-refractivity contribution is 9.10. The van der Waals surface area contributed by atoms with Gasteiger partial charge in [-0.2, -0.15) is 0 Å². The van der Waals surface area contributed by atoms with Crippen molar-refractivity contribution in [3.05, 3.63) is 34.3 Å². The van der Waals surface area contributed by atoms with E-state index >= 15 is 0 Å². The molecule has 0 aromatic heterocycles. The SMILES string of the molecule is C=CC(=O)Nc1cc(Cl)cc(Br)c1O. The van der Waals surface area contributed by atoms with E-state index in [1.165, 1.54) is 12.1 Å². The normalized spacial score (nSPS) is 9.57. The lowest BCUT2D eigenvalue weighted by Crippen LogP contribution is -2.07. The molecule has 0 unspecified atom stereocenters. The number of rotatable bonds is 2. The maximum absolute atomic E-state index is 11.0. The van der Waals surface area contributed by atoms with Gasteiger partial charge in [0.1, 0.15) is 0 Å². The second-order valence-electron chi connectivity index (χ2n) is 2.48. The Morgan fingerprint density at radius 1 is 1.64 bits per heavy atom. The largest absolute Gasteiger partial charge is 0.505 e. The van der Waals surface area contributed by atoms with Crippen molar-refractivity contribution in [1.82, 2.24) is 0 Å². The zero-order valence-corrected chi connectivity index (χ0v) is 9.39. The molecule has 1 rings (SSSR count). The third-order valence-corrected chi connectivity index (χ3v) is 2.29. The molecule has 0 atom stereocenters. The fourth-order valence-electron chi connectivity index (χ4n) is 0.845. The molecule has 14 heavy (non-hydrogen) atoms. The molecule has 5 heteroatoms. The Balaban J connectivity index is 3.07. The van der Waals surface area contributed by atoms with Gasteiger partial charge in [0, 0.05) is 5.02 Å². The van der Waals surface area contributed by atoms with E-state index in [2.05, 4.69) is 27.8 Å². The van der Waals surface area contributed by atoms with Crippen LogP contribution in [0.4, 0.5) is 5.69 Å². The Morgan fingerprint density at radius 3 is 2.86 bits per heavy atom. The number of aromatic hydroxyl groups is 1. The van der Waals surface area contributed by atoms with Gasteiger partial charge in [0.25, 0.3) is 0 Å². The number of phenols is 1. The molecule has 0 aliphatic rings. The summed E-state index contributed by atoms with van der Waals surface area (Å²) >= 11 is 8.83. The molecule has 0 bridgehead atoms. The second-order valence-corrected chi connectivity index (χ2v) is 3.77. The maximum Gasteiger partial charge on any atom is 0.247 e. The Kier molecular flexibility index (Phi) is 3.55. The minimum atomic E-state index is -0.408. The van der Waals surface area contributed by atoms with Gasteiger partial charge in [0.2, 0.25) is 5.91 Å². The topological polar surface area (TPSA) is 49.3 Å². The van der Waals surface area contributed by atoms with Gasteiger partial charge in [-0.3, -0.25) is 4.79 Å². The number of carbonyl (C=O) groups excluding carboxylic acids is 1. The molecule has 2 N–H and O–H groups in total. The van der Waals surface area contributed by atoms with Crippen LogP contribution in [0.15, 0.2) is 29.3 Å². The molecule has 0 radical (unpaired) electrons. The van der Waals surface area contributed by atoms with Crippen LogP contribution < -0.4 is 5.32 Å². The van der Waals surface area contributed by atoms with Crippen LogP contribution >= 0.6 is 27.5 Å². The molecular weight excluding hydrogens is 269 g/mol. The maximum atomic E-state index is 11.0. The first-order valence-electron chi connectivity index (χ1n) is 3.66. The van der Waals surface area contributed by atoms with Crippen LogP contribution in [0.5, 0.6) is 5.75 Å². The van der Waals surface area contributed by atoms with E-state index in [0.717, 1.165) is 6.08 Å². The highest BCUT2D eigenvalue weighted by atomic mass is 79.9. The van der Waals surface area contributed by atoms with Gasteiger partial charge < -0.3 is 10.4 Å². The number of nitrogens with one attached hydrogen (secondary N) is 1. The minimum Gasteiger partial charge on any atom is -0.505 e. The highest BCUT2D eigenvalue weighted by Gasteiger charge is 2.08. The molecule has 0 aliphatic carbocycles. The number of carbonyl (C=O) groups is 1. The van der Waals surface area contributed by atoms with E-state index in [9.17, 15) is 9.90 Å². The molecule has 3 nitrogen and oxygen atoms in total. The molecule has 0 spiro atoms. The van der Waals surface area contributed by atoms with Crippen molar-refractivity contribution in [2.45, 2.75) is 0 Å². The summed E-state index contributed by atoms with van der Waals surface area (Å²) in [5, 5.41) is 12.3. The smallest absolute Gasteiger partial charge is 0.247 e. The number of amides is 1. The van der Waals surface area contributed by atoms with E-state index in [1.54, 1.807) is 0 Å². The van der Waals surface area contributed by atoms with Crippen LogP contribution in [0.1, 0.15) is 0 Å². The van der Waals surface area contributed by atoms with Gasteiger partial charge in [-0.1, -0.05) is 18.2 Å². The number of hydrogen-bond donors (Lipinski definition) is 2. The van der Waals surface area contributed by atoms with Gasteiger partial charge in [-0.25, -0.2) is 0 Å². The van der Waals surface area contributed by atoms with Crippen LogP contribution in [0.25, 0.3) is 0 Å². The molecule has 1 aromatic carbocycles. The summed E-state index contributed by atoms with van der Waals surface area (Å²) < 4.78 is 0.421. The quantitative estimate of drug-likeness (QED) is 0.644. The highest BCUT2D eigenvalue weighted by Crippen LogP contribution is 2.35. The zero-order chi connectivity index (χ0) is 10.7. The Labute approximate surface area is 94.5 Å². The molecule has 0 saturated carbocycles. The Hall–Kier alpha value is -1.00. The summed E-state index contributed by atoms with van der Waals surface area (Å²) in [5.41, 5.74) is 0.245. The van der Waals surface area contributed by atoms with Crippen LogP contribution in [-0.4, -0.2) is 11.0 Å². The lowest BCUT2D eigenvalue weighted by molar-refractivity contribution is -0.111. The summed E-state index contributed by atoms with van der Waals surface area (Å²) in [6.07, 6.45) is 1.11. The summed E-state index contributed by atoms with van der Waals surface area (Å²) in [6, 6.07) is 2.98. The molecule has 0 fully saturated rings. The number of benzene rings is 1. The molecule has 0 aliphatic heterocycles. The third kappa shape index (κ3) is 2.49. The third-order valence-electron chi connectivity index (χ3n) is 1.47. The minimum absolute atomic E-state index is 0.0652. The second kappa shape index (κ2) is 4.48. The number of hydrogen-bond acceptors (Lipinski definition) is 2. The molecule has 1 amide bonds. The van der Waals surface area contributed by atoms with Crippen molar-refractivity contribution in [1.29, 1.82) is 0 Å².